The zero-order valence-electron chi connectivity index (χ0n) is 15.9. The molecule has 1 heterocycles. The highest BCUT2D eigenvalue weighted by atomic mass is 32.2. The third kappa shape index (κ3) is 4.61. The number of rotatable bonds is 6. The fraction of sp³-hybridized carbons (Fsp3) is 0.190. The van der Waals surface area contributed by atoms with Crippen molar-refractivity contribution in [2.45, 2.75) is 31.7 Å². The Bertz CT molecular complexity index is 1070. The van der Waals surface area contributed by atoms with Crippen LogP contribution in [0, 0.1) is 13.8 Å². The van der Waals surface area contributed by atoms with E-state index in [1.165, 1.54) is 24.3 Å². The summed E-state index contributed by atoms with van der Waals surface area (Å²) in [6.07, 6.45) is 0. The lowest BCUT2D eigenvalue weighted by Gasteiger charge is -2.13. The van der Waals surface area contributed by atoms with Gasteiger partial charge in [0.1, 0.15) is 0 Å². The average Bonchev–Trinajstić information content (AvgIpc) is 3.19. The van der Waals surface area contributed by atoms with Crippen LogP contribution in [0.1, 0.15) is 39.3 Å². The molecule has 1 atom stereocenters. The highest BCUT2D eigenvalue weighted by molar-refractivity contribution is 7.92. The van der Waals surface area contributed by atoms with Crippen LogP contribution in [0.25, 0.3) is 0 Å². The molecule has 1 amide bonds. The largest absolute Gasteiger partial charge is 0.345 e. The molecule has 7 heteroatoms. The summed E-state index contributed by atoms with van der Waals surface area (Å²) in [6.45, 7) is 5.81. The van der Waals surface area contributed by atoms with Crippen LogP contribution < -0.4 is 10.0 Å². The van der Waals surface area contributed by atoms with E-state index in [1.807, 2.05) is 44.4 Å². The average molecular weight is 415 g/mol. The molecule has 0 spiro atoms. The maximum atomic E-state index is 12.6. The lowest BCUT2D eigenvalue weighted by molar-refractivity contribution is 0.0940. The van der Waals surface area contributed by atoms with Crippen molar-refractivity contribution in [3.63, 3.8) is 0 Å². The smallest absolute Gasteiger partial charge is 0.261 e. The Morgan fingerprint density at radius 2 is 1.71 bits per heavy atom. The van der Waals surface area contributed by atoms with E-state index in [-0.39, 0.29) is 16.8 Å². The summed E-state index contributed by atoms with van der Waals surface area (Å²) in [5, 5.41) is 4.87. The van der Waals surface area contributed by atoms with Gasteiger partial charge in [0, 0.05) is 16.1 Å². The number of anilines is 1. The minimum Gasteiger partial charge on any atom is -0.345 e. The van der Waals surface area contributed by atoms with Gasteiger partial charge in [-0.2, -0.15) is 0 Å². The van der Waals surface area contributed by atoms with E-state index in [0.29, 0.717) is 11.3 Å². The molecule has 0 radical (unpaired) electrons. The molecule has 0 aliphatic rings. The fourth-order valence-electron chi connectivity index (χ4n) is 2.69. The second-order valence-electron chi connectivity index (χ2n) is 6.64. The van der Waals surface area contributed by atoms with E-state index < -0.39 is 10.0 Å². The maximum Gasteiger partial charge on any atom is 0.261 e. The number of sulfonamides is 1. The quantitative estimate of drug-likeness (QED) is 0.616. The Labute approximate surface area is 169 Å². The van der Waals surface area contributed by atoms with E-state index in [9.17, 15) is 13.2 Å². The first-order chi connectivity index (χ1) is 13.3. The summed E-state index contributed by atoms with van der Waals surface area (Å²) in [4.78, 5) is 13.6. The predicted octanol–water partition coefficient (Wildman–Crippen LogP) is 4.66. The molecule has 3 rings (SSSR count). The van der Waals surface area contributed by atoms with Gasteiger partial charge in [0.15, 0.2) is 0 Å². The maximum absolute atomic E-state index is 12.6. The van der Waals surface area contributed by atoms with Gasteiger partial charge in [0.25, 0.3) is 15.9 Å². The molecule has 0 saturated carbocycles. The predicted molar refractivity (Wildman–Crippen MR) is 113 cm³/mol. The molecule has 1 aromatic heterocycles. The second-order valence-corrected chi connectivity index (χ2v) is 9.30. The topological polar surface area (TPSA) is 75.3 Å². The Morgan fingerprint density at radius 3 is 2.32 bits per heavy atom. The van der Waals surface area contributed by atoms with Crippen molar-refractivity contribution in [1.29, 1.82) is 0 Å². The monoisotopic (exact) mass is 414 g/mol. The summed E-state index contributed by atoms with van der Waals surface area (Å²) in [5.74, 6) is -0.244. The van der Waals surface area contributed by atoms with Crippen LogP contribution in [0.2, 0.25) is 0 Å². The standard InChI is InChI=1S/C21H22N2O3S2/c1-14-6-9-18(13-15(14)2)23-28(25,26)19-10-7-17(8-11-19)21(24)22-16(3)20-5-4-12-27-20/h4-13,16,23H,1-3H3,(H,22,24). The van der Waals surface area contributed by atoms with Gasteiger partial charge in [-0.25, -0.2) is 8.42 Å². The third-order valence-electron chi connectivity index (χ3n) is 4.50. The third-order valence-corrected chi connectivity index (χ3v) is 6.96. The van der Waals surface area contributed by atoms with Crippen molar-refractivity contribution >= 4 is 33.0 Å². The van der Waals surface area contributed by atoms with Crippen molar-refractivity contribution in [2.75, 3.05) is 4.72 Å². The first-order valence-corrected chi connectivity index (χ1v) is 11.2. The number of thiophene rings is 1. The van der Waals surface area contributed by atoms with E-state index in [0.717, 1.165) is 16.0 Å². The lowest BCUT2D eigenvalue weighted by atomic mass is 10.1. The minimum atomic E-state index is -3.72. The summed E-state index contributed by atoms with van der Waals surface area (Å²) < 4.78 is 27.8. The van der Waals surface area contributed by atoms with Crippen molar-refractivity contribution in [3.8, 4) is 0 Å². The number of amides is 1. The molecule has 1 unspecified atom stereocenters. The number of benzene rings is 2. The normalized spacial score (nSPS) is 12.4. The molecule has 3 aromatic rings. The molecule has 0 fully saturated rings. The van der Waals surface area contributed by atoms with Crippen LogP contribution in [0.5, 0.6) is 0 Å². The molecule has 0 aliphatic carbocycles. The van der Waals surface area contributed by atoms with Gasteiger partial charge < -0.3 is 5.32 Å². The fourth-order valence-corrected chi connectivity index (χ4v) is 4.48. The summed E-state index contributed by atoms with van der Waals surface area (Å²) in [6, 6.07) is 15.1. The lowest BCUT2D eigenvalue weighted by Crippen LogP contribution is -2.26. The molecule has 2 aromatic carbocycles. The van der Waals surface area contributed by atoms with E-state index in [1.54, 1.807) is 23.5 Å². The van der Waals surface area contributed by atoms with Crippen LogP contribution in [-0.4, -0.2) is 14.3 Å². The molecule has 0 saturated heterocycles. The molecule has 0 bridgehead atoms. The number of hydrogen-bond acceptors (Lipinski definition) is 4. The van der Waals surface area contributed by atoms with Crippen molar-refractivity contribution in [1.82, 2.24) is 5.32 Å². The molecule has 0 aliphatic heterocycles. The summed E-state index contributed by atoms with van der Waals surface area (Å²) in [5.41, 5.74) is 3.02. The van der Waals surface area contributed by atoms with Crippen LogP contribution in [0.3, 0.4) is 0 Å². The van der Waals surface area contributed by atoms with Gasteiger partial charge in [0.2, 0.25) is 0 Å². The Hall–Kier alpha value is -2.64. The van der Waals surface area contributed by atoms with Crippen molar-refractivity contribution in [2.24, 2.45) is 0 Å². The summed E-state index contributed by atoms with van der Waals surface area (Å²) in [7, 11) is -3.72. The van der Waals surface area contributed by atoms with Gasteiger partial charge >= 0.3 is 0 Å². The molecule has 5 nitrogen and oxygen atoms in total. The first-order valence-electron chi connectivity index (χ1n) is 8.80. The van der Waals surface area contributed by atoms with Crippen LogP contribution in [0.4, 0.5) is 5.69 Å². The van der Waals surface area contributed by atoms with Crippen LogP contribution in [0.15, 0.2) is 64.9 Å². The van der Waals surface area contributed by atoms with Gasteiger partial charge in [-0.3, -0.25) is 9.52 Å². The molecular weight excluding hydrogens is 392 g/mol. The summed E-state index contributed by atoms with van der Waals surface area (Å²) >= 11 is 1.57. The molecule has 146 valence electrons. The Balaban J connectivity index is 1.72. The molecular formula is C21H22N2O3S2. The van der Waals surface area contributed by atoms with Gasteiger partial charge in [-0.05, 0) is 79.7 Å². The van der Waals surface area contributed by atoms with Gasteiger partial charge in [-0.15, -0.1) is 11.3 Å². The van der Waals surface area contributed by atoms with Gasteiger partial charge in [0.05, 0.1) is 10.9 Å². The first kappa shape index (κ1) is 20.1. The van der Waals surface area contributed by atoms with E-state index in [4.69, 9.17) is 0 Å². The second kappa shape index (κ2) is 8.16. The zero-order valence-corrected chi connectivity index (χ0v) is 17.5. The number of aryl methyl sites for hydroxylation is 2. The van der Waals surface area contributed by atoms with Crippen molar-refractivity contribution < 1.29 is 13.2 Å². The van der Waals surface area contributed by atoms with Crippen LogP contribution in [-0.2, 0) is 10.0 Å². The Morgan fingerprint density at radius 1 is 1.00 bits per heavy atom. The number of nitrogens with one attached hydrogen (secondary N) is 2. The van der Waals surface area contributed by atoms with Gasteiger partial charge in [-0.1, -0.05) is 12.1 Å². The highest BCUT2D eigenvalue weighted by Gasteiger charge is 2.17. The van der Waals surface area contributed by atoms with E-state index in [2.05, 4.69) is 10.0 Å². The van der Waals surface area contributed by atoms with Crippen molar-refractivity contribution in [3.05, 3.63) is 81.5 Å². The zero-order chi connectivity index (χ0) is 20.3. The van der Waals surface area contributed by atoms with Crippen LogP contribution >= 0.6 is 11.3 Å². The Kier molecular flexibility index (Phi) is 5.86. The number of carbonyl (C=O) groups is 1. The minimum absolute atomic E-state index is 0.105. The number of hydrogen-bond donors (Lipinski definition) is 2. The SMILES string of the molecule is Cc1ccc(NS(=O)(=O)c2ccc(C(=O)NC(C)c3cccs3)cc2)cc1C. The number of carbonyl (C=O) groups excluding carboxylic acids is 1. The highest BCUT2D eigenvalue weighted by Crippen LogP contribution is 2.21. The van der Waals surface area contributed by atoms with E-state index >= 15 is 0 Å². The molecule has 2 N–H and O–H groups in total. The molecule has 28 heavy (non-hydrogen) atoms.